The first-order valence-electron chi connectivity index (χ1n) is 10.0. The minimum absolute atomic E-state index is 0.196. The van der Waals surface area contributed by atoms with E-state index in [9.17, 15) is 22.6 Å². The highest BCUT2D eigenvalue weighted by atomic mass is 32.2. The molecule has 0 aliphatic rings. The molecule has 4 aromatic rings. The third-order valence-corrected chi connectivity index (χ3v) is 5.70. The molecule has 34 heavy (non-hydrogen) atoms. The second-order valence-corrected chi connectivity index (χ2v) is 8.26. The molecule has 176 valence electrons. The summed E-state index contributed by atoms with van der Waals surface area (Å²) in [7, 11) is 1.55. The summed E-state index contributed by atoms with van der Waals surface area (Å²) >= 11 is -2.17. The van der Waals surface area contributed by atoms with E-state index in [1.54, 1.807) is 31.4 Å². The van der Waals surface area contributed by atoms with E-state index in [0.29, 0.717) is 35.3 Å². The van der Waals surface area contributed by atoms with Crippen LogP contribution in [0.1, 0.15) is 15.9 Å². The number of nitrogens with one attached hydrogen (secondary N) is 2. The van der Waals surface area contributed by atoms with Gasteiger partial charge in [0.05, 0.1) is 0 Å². The molecule has 0 radical (unpaired) electrons. The highest BCUT2D eigenvalue weighted by Crippen LogP contribution is 2.38. The Kier molecular flexibility index (Phi) is 6.68. The van der Waals surface area contributed by atoms with Gasteiger partial charge in [-0.15, -0.1) is 0 Å². The monoisotopic (exact) mass is 487 g/mol. The maximum absolute atomic E-state index is 14.3. The minimum atomic E-state index is -2.17. The van der Waals surface area contributed by atoms with Crippen LogP contribution >= 0.6 is 0 Å². The van der Waals surface area contributed by atoms with Crippen LogP contribution < -0.4 is 15.0 Å². The quantitative estimate of drug-likeness (QED) is 0.259. The van der Waals surface area contributed by atoms with Gasteiger partial charge < -0.3 is 14.3 Å². The molecule has 4 rings (SSSR count). The average molecular weight is 487 g/mol. The average Bonchev–Trinajstić information content (AvgIpc) is 3.23. The Hall–Kier alpha value is -3.67. The van der Waals surface area contributed by atoms with E-state index in [-0.39, 0.29) is 34.7 Å². The topological polar surface area (TPSA) is 113 Å². The predicted molar refractivity (Wildman–Crippen MR) is 123 cm³/mol. The molecule has 0 spiro atoms. The summed E-state index contributed by atoms with van der Waals surface area (Å²) in [6.07, 6.45) is 3.95. The number of aldehydes is 1. The second-order valence-electron chi connectivity index (χ2n) is 7.47. The van der Waals surface area contributed by atoms with Crippen molar-refractivity contribution in [3.8, 4) is 22.6 Å². The summed E-state index contributed by atoms with van der Waals surface area (Å²) in [5.41, 5.74) is 1.77. The van der Waals surface area contributed by atoms with Crippen LogP contribution in [0.3, 0.4) is 0 Å². The lowest BCUT2D eigenvalue weighted by Crippen LogP contribution is -2.19. The van der Waals surface area contributed by atoms with Gasteiger partial charge in [0.2, 0.25) is 11.3 Å². The molecule has 8 nitrogen and oxygen atoms in total. The smallest absolute Gasteiger partial charge is 0.274 e. The number of halogens is 2. The molecule has 11 heteroatoms. The number of benzene rings is 2. The number of hydrogen-bond acceptors (Lipinski definition) is 4. The molecule has 1 atom stereocenters. The summed E-state index contributed by atoms with van der Waals surface area (Å²) in [5, 5.41) is 0.370. The van der Waals surface area contributed by atoms with Crippen LogP contribution in [0, 0.1) is 11.6 Å². The summed E-state index contributed by atoms with van der Waals surface area (Å²) in [4.78, 5) is 27.1. The number of rotatable bonds is 8. The maximum Gasteiger partial charge on any atom is 0.274 e. The Labute approximate surface area is 194 Å². The Morgan fingerprint density at radius 2 is 1.94 bits per heavy atom. The number of aromatic nitrogens is 2. The maximum atomic E-state index is 14.3. The zero-order chi connectivity index (χ0) is 24.4. The van der Waals surface area contributed by atoms with Gasteiger partial charge in [-0.3, -0.25) is 14.1 Å². The zero-order valence-corrected chi connectivity index (χ0v) is 18.6. The standard InChI is InChI=1S/C23H19F2N3O5S/c1-28-11-17(21-14(12-29)10-26-22(21)23(28)30)16-8-13(6-7-27-34(31)32)2-4-19(16)33-20-5-3-15(24)9-18(20)25/h2-5,8-12,26-27H,6-7H2,1H3,(H,31,32). The molecule has 2 heterocycles. The van der Waals surface area contributed by atoms with Crippen molar-refractivity contribution in [3.05, 3.63) is 81.9 Å². The molecule has 0 aliphatic carbocycles. The first kappa shape index (κ1) is 23.5. The number of aryl methyl sites for hydroxylation is 1. The molecular formula is C23H19F2N3O5S. The second kappa shape index (κ2) is 9.67. The van der Waals surface area contributed by atoms with Gasteiger partial charge >= 0.3 is 0 Å². The van der Waals surface area contributed by atoms with Crippen LogP contribution in [-0.4, -0.2) is 31.1 Å². The molecule has 0 fully saturated rings. The van der Waals surface area contributed by atoms with Gasteiger partial charge in [0.1, 0.15) is 17.1 Å². The highest BCUT2D eigenvalue weighted by Gasteiger charge is 2.19. The number of carbonyl (C=O) groups excluding carboxylic acids is 1. The Bertz CT molecular complexity index is 1480. The molecule has 2 aromatic carbocycles. The molecule has 0 saturated heterocycles. The van der Waals surface area contributed by atoms with Gasteiger partial charge in [-0.2, -0.15) is 0 Å². The van der Waals surface area contributed by atoms with E-state index < -0.39 is 22.9 Å². The molecule has 0 amide bonds. The van der Waals surface area contributed by atoms with E-state index in [1.807, 2.05) is 0 Å². The van der Waals surface area contributed by atoms with Crippen molar-refractivity contribution in [1.82, 2.24) is 14.3 Å². The van der Waals surface area contributed by atoms with Gasteiger partial charge in [-0.1, -0.05) is 6.07 Å². The molecule has 2 aromatic heterocycles. The molecule has 0 aliphatic heterocycles. The van der Waals surface area contributed by atoms with Crippen LogP contribution in [0.15, 0.2) is 53.6 Å². The van der Waals surface area contributed by atoms with Crippen LogP contribution in [0.25, 0.3) is 22.0 Å². The van der Waals surface area contributed by atoms with E-state index >= 15 is 0 Å². The highest BCUT2D eigenvalue weighted by molar-refractivity contribution is 7.77. The van der Waals surface area contributed by atoms with Crippen molar-refractivity contribution in [2.24, 2.45) is 7.05 Å². The zero-order valence-electron chi connectivity index (χ0n) is 17.8. The summed E-state index contributed by atoms with van der Waals surface area (Å²) < 4.78 is 57.0. The summed E-state index contributed by atoms with van der Waals surface area (Å²) in [5.74, 6) is -1.66. The molecular weight excluding hydrogens is 468 g/mol. The largest absolute Gasteiger partial charge is 0.454 e. The van der Waals surface area contributed by atoms with Crippen LogP contribution in [0.4, 0.5) is 8.78 Å². The lowest BCUT2D eigenvalue weighted by molar-refractivity contribution is 0.112. The van der Waals surface area contributed by atoms with E-state index in [4.69, 9.17) is 9.29 Å². The predicted octanol–water partition coefficient (Wildman–Crippen LogP) is 3.69. The lowest BCUT2D eigenvalue weighted by Gasteiger charge is -2.16. The van der Waals surface area contributed by atoms with Gasteiger partial charge in [-0.05, 0) is 36.2 Å². The Morgan fingerprint density at radius 1 is 1.18 bits per heavy atom. The SMILES string of the molecule is Cn1cc(-c2cc(CCNS(=O)O)ccc2Oc2ccc(F)cc2F)c2c(C=O)c[nH]c2c1=O. The van der Waals surface area contributed by atoms with Crippen molar-refractivity contribution in [2.45, 2.75) is 6.42 Å². The Morgan fingerprint density at radius 3 is 2.65 bits per heavy atom. The number of carbonyl (C=O) groups is 1. The van der Waals surface area contributed by atoms with Crippen LogP contribution in [0.5, 0.6) is 11.5 Å². The van der Waals surface area contributed by atoms with Crippen molar-refractivity contribution in [2.75, 3.05) is 6.54 Å². The molecule has 0 saturated carbocycles. The number of hydrogen-bond donors (Lipinski definition) is 3. The summed E-state index contributed by atoms with van der Waals surface area (Å²) in [6, 6.07) is 7.91. The number of ether oxygens (including phenoxy) is 1. The first-order chi connectivity index (χ1) is 16.3. The number of aromatic amines is 1. The fourth-order valence-corrected chi connectivity index (χ4v) is 3.96. The van der Waals surface area contributed by atoms with Crippen LogP contribution in [0.2, 0.25) is 0 Å². The number of nitrogens with zero attached hydrogens (tertiary/aromatic N) is 1. The van der Waals surface area contributed by atoms with E-state index in [1.165, 1.54) is 10.8 Å². The fourth-order valence-electron chi connectivity index (χ4n) is 3.68. The lowest BCUT2D eigenvalue weighted by atomic mass is 9.97. The third kappa shape index (κ3) is 4.67. The van der Waals surface area contributed by atoms with Gasteiger partial charge in [-0.25, -0.2) is 17.7 Å². The minimum Gasteiger partial charge on any atom is -0.454 e. The molecule has 3 N–H and O–H groups in total. The van der Waals surface area contributed by atoms with Crippen molar-refractivity contribution >= 4 is 28.5 Å². The van der Waals surface area contributed by atoms with Crippen molar-refractivity contribution in [3.63, 3.8) is 0 Å². The van der Waals surface area contributed by atoms with E-state index in [0.717, 1.165) is 17.7 Å². The fraction of sp³-hybridized carbons (Fsp3) is 0.130. The van der Waals surface area contributed by atoms with Gasteiger partial charge in [0, 0.05) is 54.1 Å². The number of H-pyrrole nitrogens is 1. The first-order valence-corrected chi connectivity index (χ1v) is 11.2. The van der Waals surface area contributed by atoms with Gasteiger partial charge in [0.15, 0.2) is 17.9 Å². The van der Waals surface area contributed by atoms with Crippen LogP contribution in [-0.2, 0) is 24.7 Å². The van der Waals surface area contributed by atoms with E-state index in [2.05, 4.69) is 9.71 Å². The van der Waals surface area contributed by atoms with Gasteiger partial charge in [0.25, 0.3) is 5.56 Å². The third-order valence-electron chi connectivity index (χ3n) is 5.25. The Balaban J connectivity index is 1.90. The molecule has 1 unspecified atom stereocenters. The number of fused-ring (bicyclic) bond motifs is 1. The van der Waals surface area contributed by atoms with Crippen molar-refractivity contribution in [1.29, 1.82) is 0 Å². The number of pyridine rings is 1. The molecule has 0 bridgehead atoms. The van der Waals surface area contributed by atoms with Crippen molar-refractivity contribution < 1.29 is 27.1 Å². The normalized spacial score (nSPS) is 12.1. The summed E-state index contributed by atoms with van der Waals surface area (Å²) in [6.45, 7) is 0.196.